The van der Waals surface area contributed by atoms with Gasteiger partial charge >= 0.3 is 0 Å². The Kier molecular flexibility index (Phi) is 4.61. The van der Waals surface area contributed by atoms with E-state index in [9.17, 15) is 4.79 Å². The average molecular weight is 267 g/mol. The number of Topliss-reactive ketones (excluding diaryl/α,β-unsaturated/α-hetero) is 1. The molecule has 4 heteroatoms. The first-order valence-corrected chi connectivity index (χ1v) is 6.86. The monoisotopic (exact) mass is 266 g/mol. The van der Waals surface area contributed by atoms with Crippen LogP contribution in [0.1, 0.15) is 42.5 Å². The fraction of sp³-hybridized carbons (Fsp3) is 0.500. The lowest BCUT2D eigenvalue weighted by molar-refractivity contribution is 0.0985. The second kappa shape index (κ2) is 6.21. The van der Waals surface area contributed by atoms with E-state index < -0.39 is 0 Å². The van der Waals surface area contributed by atoms with E-state index in [-0.39, 0.29) is 5.78 Å². The highest BCUT2D eigenvalue weighted by molar-refractivity contribution is 6.33. The molecule has 18 heavy (non-hydrogen) atoms. The largest absolute Gasteiger partial charge is 0.398 e. The van der Waals surface area contributed by atoms with Crippen LogP contribution in [0.2, 0.25) is 5.02 Å². The van der Waals surface area contributed by atoms with E-state index in [1.807, 2.05) is 0 Å². The number of ketones is 1. The van der Waals surface area contributed by atoms with Crippen LogP contribution in [0, 0.1) is 0 Å². The Balaban J connectivity index is 1.88. The molecule has 0 aliphatic heterocycles. The highest BCUT2D eigenvalue weighted by atomic mass is 35.5. The van der Waals surface area contributed by atoms with Crippen molar-refractivity contribution in [1.29, 1.82) is 0 Å². The summed E-state index contributed by atoms with van der Waals surface area (Å²) in [5.74, 6) is 0.0731. The van der Waals surface area contributed by atoms with Crippen molar-refractivity contribution < 1.29 is 4.79 Å². The van der Waals surface area contributed by atoms with Crippen molar-refractivity contribution in [3.63, 3.8) is 0 Å². The molecule has 0 amide bonds. The number of nitrogen functional groups attached to an aromatic ring is 1. The van der Waals surface area contributed by atoms with Gasteiger partial charge in [-0.15, -0.1) is 0 Å². The Morgan fingerprint density at radius 3 is 2.72 bits per heavy atom. The number of rotatable bonds is 4. The number of hydrogen-bond acceptors (Lipinski definition) is 3. The lowest BCUT2D eigenvalue weighted by Crippen LogP contribution is -2.35. The highest BCUT2D eigenvalue weighted by Crippen LogP contribution is 2.20. The molecule has 0 unspecified atom stereocenters. The molecular formula is C14H19ClN2O. The first-order valence-electron chi connectivity index (χ1n) is 6.48. The molecule has 1 aromatic rings. The second-order valence-corrected chi connectivity index (χ2v) is 5.28. The molecule has 1 saturated carbocycles. The van der Waals surface area contributed by atoms with Gasteiger partial charge in [0.15, 0.2) is 5.78 Å². The molecule has 0 bridgehead atoms. The predicted octanol–water partition coefficient (Wildman–Crippen LogP) is 3.03. The number of nitrogens with one attached hydrogen (secondary N) is 1. The molecule has 0 atom stereocenters. The third-order valence-corrected chi connectivity index (χ3v) is 3.82. The Bertz CT molecular complexity index is 428. The van der Waals surface area contributed by atoms with Crippen LogP contribution in [0.5, 0.6) is 0 Å². The summed E-state index contributed by atoms with van der Waals surface area (Å²) in [6.07, 6.45) is 6.20. The summed E-state index contributed by atoms with van der Waals surface area (Å²) in [6, 6.07) is 5.54. The molecule has 3 nitrogen and oxygen atoms in total. The van der Waals surface area contributed by atoms with Gasteiger partial charge in [0.2, 0.25) is 0 Å². The average Bonchev–Trinajstić information content (AvgIpc) is 2.40. The molecule has 2 rings (SSSR count). The minimum atomic E-state index is 0.0731. The number of nitrogens with two attached hydrogens (primary N) is 1. The van der Waals surface area contributed by atoms with Crippen LogP contribution in [0.15, 0.2) is 18.2 Å². The van der Waals surface area contributed by atoms with Gasteiger partial charge in [-0.05, 0) is 31.0 Å². The maximum atomic E-state index is 12.0. The van der Waals surface area contributed by atoms with Gasteiger partial charge in [-0.25, -0.2) is 0 Å². The van der Waals surface area contributed by atoms with Gasteiger partial charge in [-0.3, -0.25) is 4.79 Å². The van der Waals surface area contributed by atoms with Crippen molar-refractivity contribution in [2.45, 2.75) is 38.1 Å². The lowest BCUT2D eigenvalue weighted by Gasteiger charge is -2.22. The number of carbonyl (C=O) groups is 1. The molecule has 1 fully saturated rings. The fourth-order valence-corrected chi connectivity index (χ4v) is 2.48. The first-order chi connectivity index (χ1) is 8.66. The van der Waals surface area contributed by atoms with Crippen LogP contribution in [-0.2, 0) is 0 Å². The van der Waals surface area contributed by atoms with E-state index in [0.29, 0.717) is 28.9 Å². The van der Waals surface area contributed by atoms with Crippen molar-refractivity contribution in [2.75, 3.05) is 12.3 Å². The smallest absolute Gasteiger partial charge is 0.176 e. The fourth-order valence-electron chi connectivity index (χ4n) is 2.36. The van der Waals surface area contributed by atoms with E-state index in [0.717, 1.165) is 0 Å². The molecule has 1 aliphatic rings. The van der Waals surface area contributed by atoms with E-state index in [1.54, 1.807) is 18.2 Å². The molecule has 0 saturated heterocycles. The molecule has 0 spiro atoms. The number of benzene rings is 1. The van der Waals surface area contributed by atoms with Gasteiger partial charge < -0.3 is 11.1 Å². The van der Waals surface area contributed by atoms with Crippen molar-refractivity contribution in [3.05, 3.63) is 28.8 Å². The quantitative estimate of drug-likeness (QED) is 0.651. The summed E-state index contributed by atoms with van der Waals surface area (Å²) >= 11 is 5.83. The topological polar surface area (TPSA) is 55.1 Å². The summed E-state index contributed by atoms with van der Waals surface area (Å²) in [5, 5.41) is 3.82. The molecule has 3 N–H and O–H groups in total. The zero-order valence-electron chi connectivity index (χ0n) is 10.4. The Labute approximate surface area is 113 Å². The summed E-state index contributed by atoms with van der Waals surface area (Å²) < 4.78 is 0. The van der Waals surface area contributed by atoms with Crippen LogP contribution >= 0.6 is 11.6 Å². The van der Waals surface area contributed by atoms with Crippen LogP contribution in [0.3, 0.4) is 0 Å². The van der Waals surface area contributed by atoms with Gasteiger partial charge in [0.1, 0.15) is 0 Å². The Hall–Kier alpha value is -1.06. The van der Waals surface area contributed by atoms with Crippen LogP contribution < -0.4 is 11.1 Å². The minimum Gasteiger partial charge on any atom is -0.398 e. The molecule has 1 aromatic carbocycles. The molecular weight excluding hydrogens is 248 g/mol. The maximum absolute atomic E-state index is 12.0. The number of halogens is 1. The number of carbonyl (C=O) groups excluding carboxylic acids is 1. The van der Waals surface area contributed by atoms with Gasteiger partial charge in [0, 0.05) is 11.6 Å². The SMILES string of the molecule is Nc1cc(C(=O)CNC2CCCCC2)ccc1Cl. The standard InChI is InChI=1S/C14H19ClN2O/c15-12-7-6-10(8-13(12)16)14(18)9-17-11-4-2-1-3-5-11/h6-8,11,17H,1-5,9,16H2. The summed E-state index contributed by atoms with van der Waals surface area (Å²) in [6.45, 7) is 0.381. The van der Waals surface area contributed by atoms with Gasteiger partial charge in [0.05, 0.1) is 17.3 Å². The molecule has 98 valence electrons. The zero-order valence-corrected chi connectivity index (χ0v) is 11.2. The van der Waals surface area contributed by atoms with Crippen LogP contribution in [0.4, 0.5) is 5.69 Å². The molecule has 0 aromatic heterocycles. The summed E-state index contributed by atoms with van der Waals surface area (Å²) in [4.78, 5) is 12.0. The van der Waals surface area contributed by atoms with Crippen LogP contribution in [0.25, 0.3) is 0 Å². The molecule has 0 heterocycles. The van der Waals surface area contributed by atoms with Crippen molar-refractivity contribution in [1.82, 2.24) is 5.32 Å². The van der Waals surface area contributed by atoms with Crippen LogP contribution in [-0.4, -0.2) is 18.4 Å². The predicted molar refractivity (Wildman–Crippen MR) is 75.1 cm³/mol. The normalized spacial score (nSPS) is 16.7. The van der Waals surface area contributed by atoms with Crippen molar-refractivity contribution in [2.24, 2.45) is 0 Å². The number of anilines is 1. The zero-order chi connectivity index (χ0) is 13.0. The van der Waals surface area contributed by atoms with Gasteiger partial charge in [-0.2, -0.15) is 0 Å². The third-order valence-electron chi connectivity index (χ3n) is 3.47. The summed E-state index contributed by atoms with van der Waals surface area (Å²) in [5.41, 5.74) is 6.78. The minimum absolute atomic E-state index is 0.0731. The molecule has 0 radical (unpaired) electrons. The van der Waals surface area contributed by atoms with E-state index in [2.05, 4.69) is 5.32 Å². The molecule has 1 aliphatic carbocycles. The first kappa shape index (κ1) is 13.4. The lowest BCUT2D eigenvalue weighted by atomic mass is 9.95. The maximum Gasteiger partial charge on any atom is 0.176 e. The third kappa shape index (κ3) is 3.47. The van der Waals surface area contributed by atoms with E-state index in [1.165, 1.54) is 32.1 Å². The second-order valence-electron chi connectivity index (χ2n) is 4.88. The highest BCUT2D eigenvalue weighted by Gasteiger charge is 2.14. The van der Waals surface area contributed by atoms with E-state index in [4.69, 9.17) is 17.3 Å². The number of hydrogen-bond donors (Lipinski definition) is 2. The van der Waals surface area contributed by atoms with Crippen molar-refractivity contribution in [3.8, 4) is 0 Å². The Morgan fingerprint density at radius 1 is 1.33 bits per heavy atom. The Morgan fingerprint density at radius 2 is 2.06 bits per heavy atom. The van der Waals surface area contributed by atoms with E-state index >= 15 is 0 Å². The summed E-state index contributed by atoms with van der Waals surface area (Å²) in [7, 11) is 0. The van der Waals surface area contributed by atoms with Gasteiger partial charge in [-0.1, -0.05) is 30.9 Å². The van der Waals surface area contributed by atoms with Crippen molar-refractivity contribution >= 4 is 23.1 Å². The van der Waals surface area contributed by atoms with Gasteiger partial charge in [0.25, 0.3) is 0 Å².